The number of hydrogen-bond donors (Lipinski definition) is 1. The summed E-state index contributed by atoms with van der Waals surface area (Å²) in [6.07, 6.45) is 0. The summed E-state index contributed by atoms with van der Waals surface area (Å²) in [5.74, 6) is -1.17. The Morgan fingerprint density at radius 1 is 0.875 bits per heavy atom. The molecule has 164 valence electrons. The van der Waals surface area contributed by atoms with Gasteiger partial charge in [0.2, 0.25) is 9.84 Å². The maximum Gasteiger partial charge on any atom is 0.295 e. The minimum Gasteiger partial charge on any atom is -0.502 e. The van der Waals surface area contributed by atoms with Crippen molar-refractivity contribution < 1.29 is 18.3 Å². The van der Waals surface area contributed by atoms with Gasteiger partial charge in [-0.2, -0.15) is 0 Å². The van der Waals surface area contributed by atoms with Crippen LogP contribution in [0.3, 0.4) is 0 Å². The summed E-state index contributed by atoms with van der Waals surface area (Å²) in [6.45, 7) is 6.01. The van der Waals surface area contributed by atoms with Crippen molar-refractivity contribution in [1.29, 1.82) is 0 Å². The second kappa shape index (κ2) is 8.28. The Kier molecular flexibility index (Phi) is 5.65. The summed E-state index contributed by atoms with van der Waals surface area (Å²) in [4.78, 5) is 14.3. The van der Waals surface area contributed by atoms with E-state index in [1.165, 1.54) is 17.0 Å². The SMILES string of the molecule is Cc1ccc(S(=O)(=O)C2=C(O)C(=O)N(c3ccc(C(C)C)cc3)[C@@H]2c2ccccc2)cc1. The molecule has 0 saturated heterocycles. The van der Waals surface area contributed by atoms with Gasteiger partial charge in [0, 0.05) is 5.69 Å². The van der Waals surface area contributed by atoms with Crippen LogP contribution < -0.4 is 4.90 Å². The number of aliphatic hydroxyl groups excluding tert-OH is 1. The largest absolute Gasteiger partial charge is 0.502 e. The van der Waals surface area contributed by atoms with E-state index in [1.54, 1.807) is 48.5 Å². The smallest absolute Gasteiger partial charge is 0.295 e. The molecule has 1 amide bonds. The molecule has 0 radical (unpaired) electrons. The van der Waals surface area contributed by atoms with Crippen LogP contribution in [-0.4, -0.2) is 19.4 Å². The molecule has 32 heavy (non-hydrogen) atoms. The third kappa shape index (κ3) is 3.71. The molecule has 0 bridgehead atoms. The first-order valence-corrected chi connectivity index (χ1v) is 11.9. The van der Waals surface area contributed by atoms with Crippen molar-refractivity contribution in [2.45, 2.75) is 37.6 Å². The number of rotatable bonds is 5. The fraction of sp³-hybridized carbons (Fsp3) is 0.192. The summed E-state index contributed by atoms with van der Waals surface area (Å²) in [7, 11) is -4.13. The van der Waals surface area contributed by atoms with Gasteiger partial charge in [0.25, 0.3) is 5.91 Å². The first kappa shape index (κ1) is 21.8. The third-order valence-electron chi connectivity index (χ3n) is 5.74. The van der Waals surface area contributed by atoms with E-state index < -0.39 is 27.5 Å². The molecule has 0 spiro atoms. The highest BCUT2D eigenvalue weighted by atomic mass is 32.2. The number of benzene rings is 3. The van der Waals surface area contributed by atoms with Crippen LogP contribution in [0.5, 0.6) is 0 Å². The first-order valence-electron chi connectivity index (χ1n) is 10.4. The highest BCUT2D eigenvalue weighted by molar-refractivity contribution is 7.95. The molecule has 0 unspecified atom stereocenters. The molecule has 0 aliphatic carbocycles. The van der Waals surface area contributed by atoms with Crippen LogP contribution in [0, 0.1) is 6.92 Å². The lowest BCUT2D eigenvalue weighted by molar-refractivity contribution is -0.117. The van der Waals surface area contributed by atoms with E-state index in [-0.39, 0.29) is 9.80 Å². The molecule has 1 aliphatic heterocycles. The highest BCUT2D eigenvalue weighted by Crippen LogP contribution is 2.44. The normalized spacial score (nSPS) is 16.8. The fourth-order valence-electron chi connectivity index (χ4n) is 3.92. The zero-order valence-electron chi connectivity index (χ0n) is 18.2. The maximum atomic E-state index is 13.6. The van der Waals surface area contributed by atoms with Crippen LogP contribution in [0.25, 0.3) is 0 Å². The van der Waals surface area contributed by atoms with E-state index in [9.17, 15) is 18.3 Å². The van der Waals surface area contributed by atoms with Gasteiger partial charge < -0.3 is 5.11 Å². The minimum absolute atomic E-state index is 0.0374. The van der Waals surface area contributed by atoms with E-state index >= 15 is 0 Å². The highest BCUT2D eigenvalue weighted by Gasteiger charge is 2.47. The summed E-state index contributed by atoms with van der Waals surface area (Å²) >= 11 is 0. The molecule has 1 atom stereocenters. The lowest BCUT2D eigenvalue weighted by Crippen LogP contribution is -2.31. The van der Waals surface area contributed by atoms with E-state index in [4.69, 9.17) is 0 Å². The second-order valence-corrected chi connectivity index (χ2v) is 10.2. The van der Waals surface area contributed by atoms with E-state index in [1.807, 2.05) is 25.1 Å². The van der Waals surface area contributed by atoms with Gasteiger partial charge >= 0.3 is 0 Å². The Bertz CT molecular complexity index is 1280. The fourth-order valence-corrected chi connectivity index (χ4v) is 5.55. The maximum absolute atomic E-state index is 13.6. The Hall–Kier alpha value is -3.38. The van der Waals surface area contributed by atoms with Crippen LogP contribution >= 0.6 is 0 Å². The summed E-state index contributed by atoms with van der Waals surface area (Å²) in [6, 6.07) is 21.7. The molecular formula is C26H25NO4S. The Morgan fingerprint density at radius 2 is 1.47 bits per heavy atom. The number of carbonyl (C=O) groups excluding carboxylic acids is 1. The van der Waals surface area contributed by atoms with Crippen molar-refractivity contribution in [3.63, 3.8) is 0 Å². The van der Waals surface area contributed by atoms with Gasteiger partial charge in [-0.05, 0) is 48.2 Å². The van der Waals surface area contributed by atoms with Crippen molar-refractivity contribution in [3.05, 3.63) is 106 Å². The number of aryl methyl sites for hydroxylation is 1. The van der Waals surface area contributed by atoms with Crippen molar-refractivity contribution in [2.24, 2.45) is 0 Å². The van der Waals surface area contributed by atoms with Crippen LogP contribution in [0.2, 0.25) is 0 Å². The van der Waals surface area contributed by atoms with Gasteiger partial charge in [0.05, 0.1) is 4.90 Å². The zero-order chi connectivity index (χ0) is 23.0. The number of sulfone groups is 1. The van der Waals surface area contributed by atoms with Crippen LogP contribution in [0.1, 0.15) is 42.5 Å². The molecule has 3 aromatic carbocycles. The topological polar surface area (TPSA) is 74.7 Å². The van der Waals surface area contributed by atoms with E-state index in [2.05, 4.69) is 13.8 Å². The molecule has 5 nitrogen and oxygen atoms in total. The molecule has 6 heteroatoms. The average Bonchev–Trinajstić information content (AvgIpc) is 3.06. The van der Waals surface area contributed by atoms with Crippen molar-refractivity contribution >= 4 is 21.4 Å². The number of nitrogens with zero attached hydrogens (tertiary/aromatic N) is 1. The van der Waals surface area contributed by atoms with Gasteiger partial charge in [0.1, 0.15) is 10.9 Å². The van der Waals surface area contributed by atoms with E-state index in [0.717, 1.165) is 11.1 Å². The number of carbonyl (C=O) groups is 1. The van der Waals surface area contributed by atoms with Crippen LogP contribution in [0.4, 0.5) is 5.69 Å². The molecule has 1 heterocycles. The van der Waals surface area contributed by atoms with Gasteiger partial charge in [0.15, 0.2) is 5.76 Å². The van der Waals surface area contributed by atoms with E-state index in [0.29, 0.717) is 17.2 Å². The molecule has 4 rings (SSSR count). The molecule has 3 aromatic rings. The van der Waals surface area contributed by atoms with Gasteiger partial charge in [-0.1, -0.05) is 74.0 Å². The molecule has 0 saturated carbocycles. The summed E-state index contributed by atoms with van der Waals surface area (Å²) < 4.78 is 27.2. The predicted octanol–water partition coefficient (Wildman–Crippen LogP) is 5.45. The Morgan fingerprint density at radius 3 is 2.03 bits per heavy atom. The second-order valence-electron chi connectivity index (χ2n) is 8.26. The van der Waals surface area contributed by atoms with Crippen LogP contribution in [0.15, 0.2) is 94.4 Å². The number of anilines is 1. The number of aliphatic hydroxyl groups is 1. The average molecular weight is 448 g/mol. The van der Waals surface area contributed by atoms with Crippen LogP contribution in [-0.2, 0) is 14.6 Å². The van der Waals surface area contributed by atoms with Gasteiger partial charge in [-0.3, -0.25) is 9.69 Å². The molecule has 0 fully saturated rings. The third-order valence-corrected chi connectivity index (χ3v) is 7.62. The van der Waals surface area contributed by atoms with Gasteiger partial charge in [-0.15, -0.1) is 0 Å². The lowest BCUT2D eigenvalue weighted by Gasteiger charge is -2.27. The standard InChI is InChI=1S/C26H25NO4S/c1-17(2)19-11-13-21(14-12-19)27-23(20-7-5-4-6-8-20)25(24(28)26(27)29)32(30,31)22-15-9-18(3)10-16-22/h4-17,23,28H,1-3H3/t23-/m1/s1. The van der Waals surface area contributed by atoms with Crippen molar-refractivity contribution in [2.75, 3.05) is 4.90 Å². The summed E-state index contributed by atoms with van der Waals surface area (Å²) in [5.41, 5.74) is 3.13. The van der Waals surface area contributed by atoms with Gasteiger partial charge in [-0.25, -0.2) is 8.42 Å². The zero-order valence-corrected chi connectivity index (χ0v) is 19.0. The predicted molar refractivity (Wildman–Crippen MR) is 125 cm³/mol. The van der Waals surface area contributed by atoms with Crippen molar-refractivity contribution in [3.8, 4) is 0 Å². The quantitative estimate of drug-likeness (QED) is 0.564. The summed E-state index contributed by atoms with van der Waals surface area (Å²) in [5, 5.41) is 10.8. The minimum atomic E-state index is -4.13. The number of amides is 1. The first-order chi connectivity index (χ1) is 15.2. The molecular weight excluding hydrogens is 422 g/mol. The Labute approximate surface area is 188 Å². The number of hydrogen-bond acceptors (Lipinski definition) is 4. The monoisotopic (exact) mass is 447 g/mol. The molecule has 0 aromatic heterocycles. The lowest BCUT2D eigenvalue weighted by atomic mass is 10.0. The Balaban J connectivity index is 1.89. The van der Waals surface area contributed by atoms with Crippen molar-refractivity contribution in [1.82, 2.24) is 0 Å². The molecule has 1 aliphatic rings. The molecule has 1 N–H and O–H groups in total.